The van der Waals surface area contributed by atoms with Crippen LogP contribution in [0, 0.1) is 0 Å². The van der Waals surface area contributed by atoms with Crippen molar-refractivity contribution in [2.45, 2.75) is 13.0 Å². The number of hydrogen-bond donors (Lipinski definition) is 1. The van der Waals surface area contributed by atoms with E-state index in [-0.39, 0.29) is 0 Å². The first-order valence-electron chi connectivity index (χ1n) is 7.00. The van der Waals surface area contributed by atoms with Gasteiger partial charge >= 0.3 is 0 Å². The second-order valence-corrected chi connectivity index (χ2v) is 4.92. The van der Waals surface area contributed by atoms with Gasteiger partial charge in [-0.1, -0.05) is 42.5 Å². The number of rotatable bonds is 5. The highest BCUT2D eigenvalue weighted by molar-refractivity contribution is 5.85. The lowest BCUT2D eigenvalue weighted by molar-refractivity contribution is 0.689. The summed E-state index contributed by atoms with van der Waals surface area (Å²) in [5.41, 5.74) is 2.68. The standard InChI is InChI=1S/C18H18N2/c1-2-7-18-16(4-1)5-3-6-17(18)14-20-13-10-15-8-11-19-12-9-15/h1-9,11-12,20H,10,13-14H2. The fourth-order valence-corrected chi connectivity index (χ4v) is 2.45. The Balaban J connectivity index is 1.60. The Kier molecular flexibility index (Phi) is 4.04. The first-order valence-corrected chi connectivity index (χ1v) is 7.00. The maximum absolute atomic E-state index is 4.03. The van der Waals surface area contributed by atoms with Crippen molar-refractivity contribution >= 4 is 10.8 Å². The van der Waals surface area contributed by atoms with Gasteiger partial charge in [-0.3, -0.25) is 4.98 Å². The molecule has 0 aliphatic heterocycles. The van der Waals surface area contributed by atoms with Gasteiger partial charge in [0.2, 0.25) is 0 Å². The molecule has 0 spiro atoms. The van der Waals surface area contributed by atoms with Crippen LogP contribution in [0.5, 0.6) is 0 Å². The molecule has 2 aromatic carbocycles. The first-order chi connectivity index (χ1) is 9.93. The Bertz CT molecular complexity index is 672. The average Bonchev–Trinajstić information content (AvgIpc) is 2.53. The molecule has 3 rings (SSSR count). The zero-order chi connectivity index (χ0) is 13.6. The van der Waals surface area contributed by atoms with Crippen molar-refractivity contribution in [1.29, 1.82) is 0 Å². The molecule has 0 amide bonds. The molecule has 0 aliphatic carbocycles. The molecule has 3 aromatic rings. The predicted molar refractivity (Wildman–Crippen MR) is 83.6 cm³/mol. The molecule has 0 bridgehead atoms. The van der Waals surface area contributed by atoms with Gasteiger partial charge in [-0.25, -0.2) is 0 Å². The molecule has 0 saturated heterocycles. The summed E-state index contributed by atoms with van der Waals surface area (Å²) in [5.74, 6) is 0. The van der Waals surface area contributed by atoms with Gasteiger partial charge in [0, 0.05) is 18.9 Å². The average molecular weight is 262 g/mol. The van der Waals surface area contributed by atoms with Crippen LogP contribution >= 0.6 is 0 Å². The molecule has 100 valence electrons. The largest absolute Gasteiger partial charge is 0.312 e. The minimum absolute atomic E-state index is 0.909. The van der Waals surface area contributed by atoms with Crippen molar-refractivity contribution in [2.75, 3.05) is 6.54 Å². The van der Waals surface area contributed by atoms with Gasteiger partial charge in [0.05, 0.1) is 0 Å². The molecule has 2 nitrogen and oxygen atoms in total. The van der Waals surface area contributed by atoms with Crippen LogP contribution in [0.3, 0.4) is 0 Å². The molecule has 1 aromatic heterocycles. The third kappa shape index (κ3) is 3.03. The van der Waals surface area contributed by atoms with Crippen LogP contribution in [0.15, 0.2) is 67.0 Å². The molecule has 0 radical (unpaired) electrons. The second kappa shape index (κ2) is 6.31. The molecule has 0 fully saturated rings. The number of benzene rings is 2. The van der Waals surface area contributed by atoms with Crippen molar-refractivity contribution in [2.24, 2.45) is 0 Å². The third-order valence-electron chi connectivity index (χ3n) is 3.54. The highest BCUT2D eigenvalue weighted by atomic mass is 14.8. The van der Waals surface area contributed by atoms with Gasteiger partial charge in [0.15, 0.2) is 0 Å². The van der Waals surface area contributed by atoms with Crippen molar-refractivity contribution in [3.63, 3.8) is 0 Å². The van der Waals surface area contributed by atoms with Crippen LogP contribution < -0.4 is 5.32 Å². The fraction of sp³-hybridized carbons (Fsp3) is 0.167. The van der Waals surface area contributed by atoms with Gasteiger partial charge < -0.3 is 5.32 Å². The van der Waals surface area contributed by atoms with E-state index in [4.69, 9.17) is 0 Å². The molecule has 1 heterocycles. The van der Waals surface area contributed by atoms with Crippen molar-refractivity contribution in [1.82, 2.24) is 10.3 Å². The summed E-state index contributed by atoms with van der Waals surface area (Å²) in [4.78, 5) is 4.03. The summed E-state index contributed by atoms with van der Waals surface area (Å²) in [6.07, 6.45) is 4.73. The van der Waals surface area contributed by atoms with Gasteiger partial charge in [-0.05, 0) is 47.0 Å². The predicted octanol–water partition coefficient (Wildman–Crippen LogP) is 3.57. The highest BCUT2D eigenvalue weighted by Crippen LogP contribution is 2.18. The van der Waals surface area contributed by atoms with Crippen molar-refractivity contribution in [3.8, 4) is 0 Å². The summed E-state index contributed by atoms with van der Waals surface area (Å²) in [6.45, 7) is 1.89. The highest BCUT2D eigenvalue weighted by Gasteiger charge is 1.99. The lowest BCUT2D eigenvalue weighted by Gasteiger charge is -2.08. The van der Waals surface area contributed by atoms with Crippen molar-refractivity contribution < 1.29 is 0 Å². The van der Waals surface area contributed by atoms with Crippen LogP contribution in [0.25, 0.3) is 10.8 Å². The molecule has 1 N–H and O–H groups in total. The molecular weight excluding hydrogens is 244 g/mol. The van der Waals surface area contributed by atoms with Crippen LogP contribution in [-0.4, -0.2) is 11.5 Å². The Hall–Kier alpha value is -2.19. The quantitative estimate of drug-likeness (QED) is 0.711. The van der Waals surface area contributed by atoms with E-state index in [2.05, 4.69) is 64.9 Å². The monoisotopic (exact) mass is 262 g/mol. The minimum Gasteiger partial charge on any atom is -0.312 e. The number of pyridine rings is 1. The van der Waals surface area contributed by atoms with Gasteiger partial charge in [-0.15, -0.1) is 0 Å². The molecule has 0 aliphatic rings. The van der Waals surface area contributed by atoms with Gasteiger partial charge in [0.1, 0.15) is 0 Å². The summed E-state index contributed by atoms with van der Waals surface area (Å²) in [5, 5.41) is 6.17. The SMILES string of the molecule is c1ccc2c(CNCCc3ccncc3)cccc2c1. The second-order valence-electron chi connectivity index (χ2n) is 4.92. The summed E-state index contributed by atoms with van der Waals surface area (Å²) < 4.78 is 0. The summed E-state index contributed by atoms with van der Waals surface area (Å²) >= 11 is 0. The maximum Gasteiger partial charge on any atom is 0.0270 e. The number of nitrogens with one attached hydrogen (secondary N) is 1. The number of fused-ring (bicyclic) bond motifs is 1. The van der Waals surface area contributed by atoms with E-state index in [9.17, 15) is 0 Å². The molecule has 20 heavy (non-hydrogen) atoms. The van der Waals surface area contributed by atoms with Gasteiger partial charge in [-0.2, -0.15) is 0 Å². The Morgan fingerprint density at radius 2 is 1.65 bits per heavy atom. The topological polar surface area (TPSA) is 24.9 Å². The third-order valence-corrected chi connectivity index (χ3v) is 3.54. The molecular formula is C18H18N2. The molecule has 0 atom stereocenters. The zero-order valence-corrected chi connectivity index (χ0v) is 11.4. The minimum atomic E-state index is 0.909. The van der Waals surface area contributed by atoms with Gasteiger partial charge in [0.25, 0.3) is 0 Å². The van der Waals surface area contributed by atoms with E-state index >= 15 is 0 Å². The van der Waals surface area contributed by atoms with E-state index in [1.807, 2.05) is 12.4 Å². The Morgan fingerprint density at radius 1 is 0.850 bits per heavy atom. The molecule has 2 heteroatoms. The van der Waals surface area contributed by atoms with Crippen molar-refractivity contribution in [3.05, 3.63) is 78.1 Å². The van der Waals surface area contributed by atoms with E-state index < -0.39 is 0 Å². The zero-order valence-electron chi connectivity index (χ0n) is 11.4. The lowest BCUT2D eigenvalue weighted by Crippen LogP contribution is -2.16. The molecule has 0 unspecified atom stereocenters. The summed E-state index contributed by atoms with van der Waals surface area (Å²) in [6, 6.07) is 19.2. The Labute approximate surface area is 119 Å². The van der Waals surface area contributed by atoms with E-state index in [0.717, 1.165) is 19.5 Å². The van der Waals surface area contributed by atoms with E-state index in [1.54, 1.807) is 0 Å². The Morgan fingerprint density at radius 3 is 2.55 bits per heavy atom. The fourth-order valence-electron chi connectivity index (χ4n) is 2.45. The lowest BCUT2D eigenvalue weighted by atomic mass is 10.0. The van der Waals surface area contributed by atoms with Crippen LogP contribution in [-0.2, 0) is 13.0 Å². The smallest absolute Gasteiger partial charge is 0.0270 e. The van der Waals surface area contributed by atoms with Crippen LogP contribution in [0.1, 0.15) is 11.1 Å². The first kappa shape index (κ1) is 12.8. The normalized spacial score (nSPS) is 10.8. The number of aromatic nitrogens is 1. The molecule has 0 saturated carbocycles. The number of nitrogens with zero attached hydrogens (tertiary/aromatic N) is 1. The van der Waals surface area contributed by atoms with E-state index in [0.29, 0.717) is 0 Å². The van der Waals surface area contributed by atoms with Crippen LogP contribution in [0.2, 0.25) is 0 Å². The van der Waals surface area contributed by atoms with Crippen LogP contribution in [0.4, 0.5) is 0 Å². The summed E-state index contributed by atoms with van der Waals surface area (Å²) in [7, 11) is 0. The van der Waals surface area contributed by atoms with E-state index in [1.165, 1.54) is 21.9 Å². The maximum atomic E-state index is 4.03. The number of hydrogen-bond acceptors (Lipinski definition) is 2.